The van der Waals surface area contributed by atoms with E-state index in [1.54, 1.807) is 0 Å². The van der Waals surface area contributed by atoms with E-state index in [4.69, 9.17) is 5.26 Å². The Bertz CT molecular complexity index is 439. The lowest BCUT2D eigenvalue weighted by Crippen LogP contribution is -2.26. The number of rotatable bonds is 3. The molecular formula is C14H18N2. The highest BCUT2D eigenvalue weighted by Gasteiger charge is 2.44. The van der Waals surface area contributed by atoms with Gasteiger partial charge in [0.25, 0.3) is 0 Å². The van der Waals surface area contributed by atoms with Crippen LogP contribution in [0.25, 0.3) is 0 Å². The van der Waals surface area contributed by atoms with Gasteiger partial charge in [0, 0.05) is 19.3 Å². The highest BCUT2D eigenvalue weighted by Crippen LogP contribution is 2.46. The van der Waals surface area contributed by atoms with Gasteiger partial charge in [0.1, 0.15) is 0 Å². The molecule has 0 saturated heterocycles. The van der Waals surface area contributed by atoms with Crippen LogP contribution in [0.4, 0.5) is 5.69 Å². The minimum Gasteiger partial charge on any atom is -0.373 e. The zero-order valence-corrected chi connectivity index (χ0v) is 10.2. The summed E-state index contributed by atoms with van der Waals surface area (Å²) in [6.07, 6.45) is 2.11. The molecule has 1 saturated carbocycles. The first kappa shape index (κ1) is 11.0. The molecule has 0 aromatic heterocycles. The van der Waals surface area contributed by atoms with Crippen LogP contribution in [0.15, 0.2) is 18.2 Å². The molecule has 0 spiro atoms. The lowest BCUT2D eigenvalue weighted by Gasteiger charge is -2.24. The molecule has 1 aliphatic carbocycles. The molecule has 16 heavy (non-hydrogen) atoms. The van der Waals surface area contributed by atoms with Gasteiger partial charge < -0.3 is 4.90 Å². The zero-order valence-electron chi connectivity index (χ0n) is 10.2. The molecular weight excluding hydrogens is 196 g/mol. The summed E-state index contributed by atoms with van der Waals surface area (Å²) in [7, 11) is 2.08. The molecule has 0 amide bonds. The minimum absolute atomic E-state index is 0.0645. The Kier molecular flexibility index (Phi) is 2.63. The maximum Gasteiger partial charge on any atom is 0.0749 e. The van der Waals surface area contributed by atoms with E-state index in [-0.39, 0.29) is 5.41 Å². The van der Waals surface area contributed by atoms with Gasteiger partial charge in [-0.25, -0.2) is 0 Å². The van der Waals surface area contributed by atoms with Crippen LogP contribution in [0.1, 0.15) is 24.0 Å². The van der Waals surface area contributed by atoms with Gasteiger partial charge in [-0.05, 0) is 43.9 Å². The lowest BCUT2D eigenvalue weighted by molar-refractivity contribution is 0.652. The summed E-state index contributed by atoms with van der Waals surface area (Å²) in [4.78, 5) is 2.22. The van der Waals surface area contributed by atoms with E-state index in [0.717, 1.165) is 19.4 Å². The van der Waals surface area contributed by atoms with Crippen molar-refractivity contribution in [3.8, 4) is 6.07 Å². The van der Waals surface area contributed by atoms with Gasteiger partial charge in [0.15, 0.2) is 0 Å². The van der Waals surface area contributed by atoms with E-state index < -0.39 is 0 Å². The van der Waals surface area contributed by atoms with Crippen molar-refractivity contribution in [2.24, 2.45) is 5.41 Å². The van der Waals surface area contributed by atoms with Gasteiger partial charge >= 0.3 is 0 Å². The third kappa shape index (κ3) is 2.04. The standard InChI is InChI=1S/C14H18N2/c1-11-4-5-12(2)13(8-11)16(3)10-14(9-15)6-7-14/h4-5,8H,6-7,10H2,1-3H3. The fraction of sp³-hybridized carbons (Fsp3) is 0.500. The van der Waals surface area contributed by atoms with Crippen LogP contribution < -0.4 is 4.90 Å². The largest absolute Gasteiger partial charge is 0.373 e. The van der Waals surface area contributed by atoms with E-state index in [9.17, 15) is 0 Å². The molecule has 0 radical (unpaired) electrons. The van der Waals surface area contributed by atoms with Crippen LogP contribution in [0.5, 0.6) is 0 Å². The Morgan fingerprint density at radius 1 is 1.38 bits per heavy atom. The number of nitriles is 1. The van der Waals surface area contributed by atoms with Crippen molar-refractivity contribution in [1.82, 2.24) is 0 Å². The van der Waals surface area contributed by atoms with Crippen molar-refractivity contribution in [2.75, 3.05) is 18.5 Å². The summed E-state index contributed by atoms with van der Waals surface area (Å²) in [6.45, 7) is 5.08. The molecule has 1 aliphatic rings. The second kappa shape index (κ2) is 3.83. The van der Waals surface area contributed by atoms with Crippen LogP contribution in [-0.4, -0.2) is 13.6 Å². The Morgan fingerprint density at radius 2 is 2.06 bits per heavy atom. The summed E-state index contributed by atoms with van der Waals surface area (Å²) in [6, 6.07) is 8.92. The molecule has 0 heterocycles. The molecule has 2 rings (SSSR count). The van der Waals surface area contributed by atoms with Gasteiger partial charge in [-0.15, -0.1) is 0 Å². The Balaban J connectivity index is 2.18. The highest BCUT2D eigenvalue weighted by atomic mass is 15.1. The van der Waals surface area contributed by atoms with Crippen molar-refractivity contribution in [2.45, 2.75) is 26.7 Å². The van der Waals surface area contributed by atoms with Gasteiger partial charge in [0.05, 0.1) is 11.5 Å². The number of hydrogen-bond donors (Lipinski definition) is 0. The van der Waals surface area contributed by atoms with Crippen LogP contribution in [0.2, 0.25) is 0 Å². The van der Waals surface area contributed by atoms with Crippen LogP contribution in [0.3, 0.4) is 0 Å². The SMILES string of the molecule is Cc1ccc(C)c(N(C)CC2(C#N)CC2)c1. The lowest BCUT2D eigenvalue weighted by atomic mass is 10.1. The molecule has 84 valence electrons. The zero-order chi connectivity index (χ0) is 11.8. The van der Waals surface area contributed by atoms with Crippen LogP contribution >= 0.6 is 0 Å². The first-order chi connectivity index (χ1) is 7.56. The molecule has 0 bridgehead atoms. The second-order valence-corrected chi connectivity index (χ2v) is 5.04. The molecule has 1 aromatic rings. The predicted molar refractivity (Wildman–Crippen MR) is 66.5 cm³/mol. The third-order valence-corrected chi connectivity index (χ3v) is 3.41. The summed E-state index contributed by atoms with van der Waals surface area (Å²) in [5.74, 6) is 0. The molecule has 0 N–H and O–H groups in total. The molecule has 0 aliphatic heterocycles. The normalized spacial score (nSPS) is 16.6. The monoisotopic (exact) mass is 214 g/mol. The number of nitrogens with zero attached hydrogens (tertiary/aromatic N) is 2. The van der Waals surface area contributed by atoms with Crippen molar-refractivity contribution in [3.63, 3.8) is 0 Å². The summed E-state index contributed by atoms with van der Waals surface area (Å²) >= 11 is 0. The molecule has 1 aromatic carbocycles. The van der Waals surface area contributed by atoms with Gasteiger partial charge in [-0.3, -0.25) is 0 Å². The van der Waals surface area contributed by atoms with E-state index in [0.29, 0.717) is 0 Å². The average molecular weight is 214 g/mol. The van der Waals surface area contributed by atoms with E-state index in [2.05, 4.69) is 50.1 Å². The maximum absolute atomic E-state index is 9.10. The first-order valence-corrected chi connectivity index (χ1v) is 5.76. The summed E-state index contributed by atoms with van der Waals surface area (Å²) < 4.78 is 0. The van der Waals surface area contributed by atoms with Gasteiger partial charge in [-0.1, -0.05) is 12.1 Å². The van der Waals surface area contributed by atoms with E-state index in [1.807, 2.05) is 0 Å². The Labute approximate surface area is 97.5 Å². The van der Waals surface area contributed by atoms with Crippen molar-refractivity contribution in [1.29, 1.82) is 5.26 Å². The summed E-state index contributed by atoms with van der Waals surface area (Å²) in [5, 5.41) is 9.10. The summed E-state index contributed by atoms with van der Waals surface area (Å²) in [5.41, 5.74) is 3.74. The number of benzene rings is 1. The van der Waals surface area contributed by atoms with Crippen molar-refractivity contribution in [3.05, 3.63) is 29.3 Å². The number of hydrogen-bond acceptors (Lipinski definition) is 2. The van der Waals surface area contributed by atoms with Crippen LogP contribution in [0, 0.1) is 30.6 Å². The molecule has 1 fully saturated rings. The van der Waals surface area contributed by atoms with Crippen molar-refractivity contribution < 1.29 is 0 Å². The molecule has 2 nitrogen and oxygen atoms in total. The number of aryl methyl sites for hydroxylation is 2. The molecule has 0 atom stereocenters. The van der Waals surface area contributed by atoms with Crippen LogP contribution in [-0.2, 0) is 0 Å². The maximum atomic E-state index is 9.10. The first-order valence-electron chi connectivity index (χ1n) is 5.76. The van der Waals surface area contributed by atoms with E-state index >= 15 is 0 Å². The molecule has 2 heteroatoms. The minimum atomic E-state index is -0.0645. The molecule has 0 unspecified atom stereocenters. The Morgan fingerprint density at radius 3 is 2.62 bits per heavy atom. The highest BCUT2D eigenvalue weighted by molar-refractivity contribution is 5.54. The van der Waals surface area contributed by atoms with Gasteiger partial charge in [-0.2, -0.15) is 5.26 Å². The van der Waals surface area contributed by atoms with E-state index in [1.165, 1.54) is 16.8 Å². The topological polar surface area (TPSA) is 27.0 Å². The van der Waals surface area contributed by atoms with Crippen molar-refractivity contribution >= 4 is 5.69 Å². The van der Waals surface area contributed by atoms with Gasteiger partial charge in [0.2, 0.25) is 0 Å². The Hall–Kier alpha value is -1.49. The fourth-order valence-corrected chi connectivity index (χ4v) is 2.13. The second-order valence-electron chi connectivity index (χ2n) is 5.04. The third-order valence-electron chi connectivity index (χ3n) is 3.41. The predicted octanol–water partition coefficient (Wildman–Crippen LogP) is 3.04. The average Bonchev–Trinajstić information content (AvgIpc) is 3.02. The number of anilines is 1. The fourth-order valence-electron chi connectivity index (χ4n) is 2.13. The smallest absolute Gasteiger partial charge is 0.0749 e. The quantitative estimate of drug-likeness (QED) is 0.773.